The van der Waals surface area contributed by atoms with Gasteiger partial charge in [0.2, 0.25) is 0 Å². The molecule has 0 fully saturated rings. The average molecular weight is 347 g/mol. The van der Waals surface area contributed by atoms with Gasteiger partial charge in [0.1, 0.15) is 10.7 Å². The molecule has 0 saturated heterocycles. The molecule has 4 nitrogen and oxygen atoms in total. The number of thiophene rings is 1. The minimum atomic E-state index is -0.110. The molecule has 4 aromatic rings. The zero-order chi connectivity index (χ0) is 17.6. The van der Waals surface area contributed by atoms with Gasteiger partial charge in [-0.3, -0.25) is 9.78 Å². The highest BCUT2D eigenvalue weighted by atomic mass is 32.1. The van der Waals surface area contributed by atoms with E-state index in [1.807, 2.05) is 19.1 Å². The summed E-state index contributed by atoms with van der Waals surface area (Å²) in [6.45, 7) is 6.22. The van der Waals surface area contributed by atoms with Crippen LogP contribution in [0.2, 0.25) is 0 Å². The van der Waals surface area contributed by atoms with Crippen molar-refractivity contribution in [1.82, 2.24) is 15.0 Å². The number of hydrogen-bond donors (Lipinski definition) is 1. The number of rotatable bonds is 2. The Labute approximate surface area is 149 Å². The van der Waals surface area contributed by atoms with Crippen molar-refractivity contribution in [3.8, 4) is 22.5 Å². The van der Waals surface area contributed by atoms with Gasteiger partial charge in [-0.05, 0) is 49.6 Å². The van der Waals surface area contributed by atoms with Crippen LogP contribution in [0, 0.1) is 20.8 Å². The summed E-state index contributed by atoms with van der Waals surface area (Å²) < 4.78 is 0. The van der Waals surface area contributed by atoms with Gasteiger partial charge in [0.25, 0.3) is 5.56 Å². The second-order valence-corrected chi connectivity index (χ2v) is 7.37. The molecular weight excluding hydrogens is 330 g/mol. The van der Waals surface area contributed by atoms with E-state index in [0.717, 1.165) is 26.4 Å². The van der Waals surface area contributed by atoms with Crippen LogP contribution >= 0.6 is 11.3 Å². The van der Waals surface area contributed by atoms with Crippen LogP contribution in [0.1, 0.15) is 16.0 Å². The fourth-order valence-corrected chi connectivity index (χ4v) is 4.05. The summed E-state index contributed by atoms with van der Waals surface area (Å²) in [5.74, 6) is 0.554. The molecule has 1 N–H and O–H groups in total. The first-order valence-electron chi connectivity index (χ1n) is 8.06. The van der Waals surface area contributed by atoms with Crippen LogP contribution in [0.3, 0.4) is 0 Å². The minimum absolute atomic E-state index is 0.110. The third-order valence-electron chi connectivity index (χ3n) is 4.47. The van der Waals surface area contributed by atoms with Crippen molar-refractivity contribution >= 4 is 21.6 Å². The molecule has 0 bridgehead atoms. The quantitative estimate of drug-likeness (QED) is 0.575. The zero-order valence-electron chi connectivity index (χ0n) is 14.3. The summed E-state index contributed by atoms with van der Waals surface area (Å²) in [4.78, 5) is 26.4. The molecule has 0 aliphatic carbocycles. The number of hydrogen-bond acceptors (Lipinski definition) is 4. The van der Waals surface area contributed by atoms with Gasteiger partial charge in [-0.25, -0.2) is 4.98 Å². The largest absolute Gasteiger partial charge is 0.306 e. The van der Waals surface area contributed by atoms with E-state index in [0.29, 0.717) is 11.2 Å². The molecular formula is C20H17N3OS. The molecule has 3 heterocycles. The van der Waals surface area contributed by atoms with Crippen molar-refractivity contribution in [1.29, 1.82) is 0 Å². The smallest absolute Gasteiger partial charge is 0.260 e. The Morgan fingerprint density at radius 1 is 1.04 bits per heavy atom. The molecule has 25 heavy (non-hydrogen) atoms. The van der Waals surface area contributed by atoms with Crippen LogP contribution in [-0.4, -0.2) is 15.0 Å². The highest BCUT2D eigenvalue weighted by Gasteiger charge is 2.17. The molecule has 3 aromatic heterocycles. The van der Waals surface area contributed by atoms with E-state index in [-0.39, 0.29) is 5.56 Å². The van der Waals surface area contributed by atoms with Crippen molar-refractivity contribution in [2.75, 3.05) is 0 Å². The number of aromatic nitrogens is 3. The molecule has 4 rings (SSSR count). The Morgan fingerprint density at radius 2 is 1.88 bits per heavy atom. The standard InChI is InChI=1S/C20H17N3OS/c1-11-6-7-14(9-12(11)2)16-13(3)25-20-17(16)19(24)22-18(23-20)15-5-4-8-21-10-15/h4-10H,1-3H3,(H,22,23,24). The Morgan fingerprint density at radius 3 is 2.60 bits per heavy atom. The summed E-state index contributed by atoms with van der Waals surface area (Å²) >= 11 is 1.56. The average Bonchev–Trinajstić information content (AvgIpc) is 2.94. The Balaban J connectivity index is 1.97. The Hall–Kier alpha value is -2.79. The molecule has 0 spiro atoms. The van der Waals surface area contributed by atoms with Crippen molar-refractivity contribution in [2.24, 2.45) is 0 Å². The third kappa shape index (κ3) is 2.66. The summed E-state index contributed by atoms with van der Waals surface area (Å²) in [5, 5.41) is 0.665. The molecule has 0 unspecified atom stereocenters. The summed E-state index contributed by atoms with van der Waals surface area (Å²) in [5.41, 5.74) is 5.20. The van der Waals surface area contributed by atoms with Gasteiger partial charge in [-0.1, -0.05) is 18.2 Å². The van der Waals surface area contributed by atoms with Crippen molar-refractivity contribution in [3.05, 3.63) is 69.1 Å². The van der Waals surface area contributed by atoms with Crippen molar-refractivity contribution in [2.45, 2.75) is 20.8 Å². The second kappa shape index (κ2) is 5.93. The lowest BCUT2D eigenvalue weighted by atomic mass is 9.99. The molecule has 0 aliphatic rings. The highest BCUT2D eigenvalue weighted by molar-refractivity contribution is 7.19. The number of fused-ring (bicyclic) bond motifs is 1. The lowest BCUT2D eigenvalue weighted by molar-refractivity contribution is 1.17. The molecule has 0 atom stereocenters. The number of pyridine rings is 1. The van der Waals surface area contributed by atoms with Crippen molar-refractivity contribution < 1.29 is 0 Å². The molecule has 0 amide bonds. The van der Waals surface area contributed by atoms with E-state index in [2.05, 4.69) is 47.0 Å². The van der Waals surface area contributed by atoms with E-state index in [1.165, 1.54) is 11.1 Å². The number of aromatic amines is 1. The van der Waals surface area contributed by atoms with Gasteiger partial charge in [0, 0.05) is 28.4 Å². The number of H-pyrrole nitrogens is 1. The van der Waals surface area contributed by atoms with Gasteiger partial charge >= 0.3 is 0 Å². The van der Waals surface area contributed by atoms with E-state index in [4.69, 9.17) is 0 Å². The van der Waals surface area contributed by atoms with Crippen LogP contribution in [0.15, 0.2) is 47.5 Å². The van der Waals surface area contributed by atoms with Crippen LogP contribution in [0.5, 0.6) is 0 Å². The van der Waals surface area contributed by atoms with E-state index in [9.17, 15) is 4.79 Å². The first-order chi connectivity index (χ1) is 12.0. The summed E-state index contributed by atoms with van der Waals surface area (Å²) in [7, 11) is 0. The minimum Gasteiger partial charge on any atom is -0.306 e. The number of benzene rings is 1. The van der Waals surface area contributed by atoms with Crippen LogP contribution in [-0.2, 0) is 0 Å². The van der Waals surface area contributed by atoms with E-state index in [1.54, 1.807) is 23.7 Å². The van der Waals surface area contributed by atoms with Gasteiger partial charge in [0.05, 0.1) is 5.39 Å². The van der Waals surface area contributed by atoms with Crippen LogP contribution in [0.4, 0.5) is 0 Å². The van der Waals surface area contributed by atoms with E-state index < -0.39 is 0 Å². The van der Waals surface area contributed by atoms with Gasteiger partial charge in [-0.15, -0.1) is 11.3 Å². The number of aryl methyl sites for hydroxylation is 3. The molecule has 5 heteroatoms. The molecule has 124 valence electrons. The molecule has 0 aliphatic heterocycles. The monoisotopic (exact) mass is 347 g/mol. The second-order valence-electron chi connectivity index (χ2n) is 6.17. The zero-order valence-corrected chi connectivity index (χ0v) is 15.1. The maximum absolute atomic E-state index is 12.8. The summed E-state index contributed by atoms with van der Waals surface area (Å²) in [6, 6.07) is 10.0. The fraction of sp³-hybridized carbons (Fsp3) is 0.150. The fourth-order valence-electron chi connectivity index (χ4n) is 3.00. The Bertz CT molecular complexity index is 1140. The molecule has 0 radical (unpaired) electrons. The number of nitrogens with one attached hydrogen (secondary N) is 1. The highest BCUT2D eigenvalue weighted by Crippen LogP contribution is 2.36. The van der Waals surface area contributed by atoms with Gasteiger partial charge in [-0.2, -0.15) is 0 Å². The summed E-state index contributed by atoms with van der Waals surface area (Å²) in [6.07, 6.45) is 3.40. The third-order valence-corrected chi connectivity index (χ3v) is 5.47. The first-order valence-corrected chi connectivity index (χ1v) is 8.87. The lowest BCUT2D eigenvalue weighted by Crippen LogP contribution is -2.09. The molecule has 1 aromatic carbocycles. The predicted octanol–water partition coefficient (Wildman–Crippen LogP) is 4.64. The maximum Gasteiger partial charge on any atom is 0.260 e. The Kier molecular flexibility index (Phi) is 3.73. The topological polar surface area (TPSA) is 58.6 Å². The SMILES string of the molecule is Cc1ccc(-c2c(C)sc3nc(-c4cccnc4)[nH]c(=O)c23)cc1C. The van der Waals surface area contributed by atoms with Gasteiger partial charge in [0.15, 0.2) is 0 Å². The van der Waals surface area contributed by atoms with Crippen LogP contribution < -0.4 is 5.56 Å². The predicted molar refractivity (Wildman–Crippen MR) is 103 cm³/mol. The normalized spacial score (nSPS) is 11.2. The van der Waals surface area contributed by atoms with Gasteiger partial charge < -0.3 is 4.98 Å². The van der Waals surface area contributed by atoms with Crippen LogP contribution in [0.25, 0.3) is 32.7 Å². The van der Waals surface area contributed by atoms with Crippen molar-refractivity contribution in [3.63, 3.8) is 0 Å². The lowest BCUT2D eigenvalue weighted by Gasteiger charge is -2.06. The number of nitrogens with zero attached hydrogens (tertiary/aromatic N) is 2. The van der Waals surface area contributed by atoms with E-state index >= 15 is 0 Å². The maximum atomic E-state index is 12.8. The first kappa shape index (κ1) is 15.7. The molecule has 0 saturated carbocycles.